The van der Waals surface area contributed by atoms with Gasteiger partial charge in [0, 0.05) is 25.7 Å². The second-order valence-electron chi connectivity index (χ2n) is 6.29. The Balaban J connectivity index is 2.64. The van der Waals surface area contributed by atoms with Crippen molar-refractivity contribution in [2.24, 2.45) is 5.41 Å². The Labute approximate surface area is 119 Å². The van der Waals surface area contributed by atoms with E-state index in [1.54, 1.807) is 0 Å². The second-order valence-corrected chi connectivity index (χ2v) is 6.29. The van der Waals surface area contributed by atoms with Crippen LogP contribution in [0.3, 0.4) is 0 Å². The molecule has 2 N–H and O–H groups in total. The molecule has 0 aromatic carbocycles. The molecule has 6 heteroatoms. The van der Waals surface area contributed by atoms with E-state index in [0.717, 1.165) is 32.2 Å². The maximum Gasteiger partial charge on any atom is 0.401 e. The number of hydrogen-bond acceptors (Lipinski definition) is 3. The lowest BCUT2D eigenvalue weighted by Crippen LogP contribution is -2.47. The largest absolute Gasteiger partial charge is 0.401 e. The van der Waals surface area contributed by atoms with Crippen molar-refractivity contribution in [3.8, 4) is 0 Å². The van der Waals surface area contributed by atoms with Crippen LogP contribution in [0.5, 0.6) is 0 Å². The van der Waals surface area contributed by atoms with Crippen molar-refractivity contribution in [2.75, 3.05) is 32.8 Å². The summed E-state index contributed by atoms with van der Waals surface area (Å²) >= 11 is 0. The van der Waals surface area contributed by atoms with Crippen LogP contribution in [-0.4, -0.2) is 55.0 Å². The van der Waals surface area contributed by atoms with E-state index in [1.807, 2.05) is 13.8 Å². The van der Waals surface area contributed by atoms with Gasteiger partial charge in [0.2, 0.25) is 0 Å². The number of alkyl halides is 3. The van der Waals surface area contributed by atoms with E-state index in [2.05, 4.69) is 5.32 Å². The van der Waals surface area contributed by atoms with Crippen LogP contribution in [0.1, 0.15) is 39.5 Å². The average molecular weight is 296 g/mol. The third kappa shape index (κ3) is 6.41. The minimum atomic E-state index is -4.21. The van der Waals surface area contributed by atoms with Crippen molar-refractivity contribution in [3.63, 3.8) is 0 Å². The number of nitrogens with zero attached hydrogens (tertiary/aromatic N) is 1. The molecule has 0 amide bonds. The van der Waals surface area contributed by atoms with Gasteiger partial charge in [-0.15, -0.1) is 0 Å². The van der Waals surface area contributed by atoms with Crippen LogP contribution in [0.4, 0.5) is 13.2 Å². The molecule has 0 bridgehead atoms. The average Bonchev–Trinajstić information content (AvgIpc) is 2.74. The van der Waals surface area contributed by atoms with Crippen LogP contribution >= 0.6 is 0 Å². The Morgan fingerprint density at radius 2 is 1.85 bits per heavy atom. The molecule has 0 aliphatic heterocycles. The number of rotatable bonds is 8. The van der Waals surface area contributed by atoms with Crippen LogP contribution in [0.25, 0.3) is 0 Å². The van der Waals surface area contributed by atoms with Crippen LogP contribution in [-0.2, 0) is 0 Å². The van der Waals surface area contributed by atoms with E-state index >= 15 is 0 Å². The Morgan fingerprint density at radius 3 is 2.30 bits per heavy atom. The predicted octanol–water partition coefficient (Wildman–Crippen LogP) is 2.40. The van der Waals surface area contributed by atoms with E-state index < -0.39 is 12.7 Å². The first-order valence-electron chi connectivity index (χ1n) is 7.40. The quantitative estimate of drug-likeness (QED) is 0.722. The van der Waals surface area contributed by atoms with Gasteiger partial charge in [0.05, 0.1) is 13.2 Å². The van der Waals surface area contributed by atoms with Gasteiger partial charge in [-0.25, -0.2) is 0 Å². The van der Waals surface area contributed by atoms with Gasteiger partial charge in [-0.3, -0.25) is 4.90 Å². The summed E-state index contributed by atoms with van der Waals surface area (Å²) in [5.41, 5.74) is -0.0787. The molecule has 0 atom stereocenters. The molecule has 0 saturated heterocycles. The standard InChI is InChI=1S/C14H27F3N2O/c1-12(2)18-9-13(5-3-4-6-13)10-19(7-8-20)11-14(15,16)17/h12,18,20H,3-11H2,1-2H3. The number of halogens is 3. The highest BCUT2D eigenvalue weighted by atomic mass is 19.4. The smallest absolute Gasteiger partial charge is 0.395 e. The molecule has 0 heterocycles. The summed E-state index contributed by atoms with van der Waals surface area (Å²) in [6, 6.07) is 0.335. The van der Waals surface area contributed by atoms with Gasteiger partial charge in [-0.2, -0.15) is 13.2 Å². The number of nitrogens with one attached hydrogen (secondary N) is 1. The van der Waals surface area contributed by atoms with Gasteiger partial charge in [-0.1, -0.05) is 26.7 Å². The molecule has 1 fully saturated rings. The molecule has 0 radical (unpaired) electrons. The van der Waals surface area contributed by atoms with Crippen molar-refractivity contribution in [2.45, 2.75) is 51.7 Å². The molecule has 1 rings (SSSR count). The maximum atomic E-state index is 12.6. The topological polar surface area (TPSA) is 35.5 Å². The monoisotopic (exact) mass is 296 g/mol. The summed E-state index contributed by atoms with van der Waals surface area (Å²) in [6.45, 7) is 4.18. The van der Waals surface area contributed by atoms with E-state index in [4.69, 9.17) is 5.11 Å². The Hall–Kier alpha value is -0.330. The van der Waals surface area contributed by atoms with E-state index in [-0.39, 0.29) is 18.6 Å². The van der Waals surface area contributed by atoms with Gasteiger partial charge in [0.25, 0.3) is 0 Å². The zero-order valence-corrected chi connectivity index (χ0v) is 12.5. The highest BCUT2D eigenvalue weighted by Gasteiger charge is 2.38. The molecule has 20 heavy (non-hydrogen) atoms. The van der Waals surface area contributed by atoms with Crippen molar-refractivity contribution in [1.82, 2.24) is 10.2 Å². The highest BCUT2D eigenvalue weighted by Crippen LogP contribution is 2.38. The van der Waals surface area contributed by atoms with Gasteiger partial charge >= 0.3 is 6.18 Å². The molecule has 0 aromatic rings. The van der Waals surface area contributed by atoms with Gasteiger partial charge < -0.3 is 10.4 Å². The van der Waals surface area contributed by atoms with Crippen molar-refractivity contribution >= 4 is 0 Å². The first-order chi connectivity index (χ1) is 9.26. The summed E-state index contributed by atoms with van der Waals surface area (Å²) in [5, 5.41) is 12.4. The van der Waals surface area contributed by atoms with Gasteiger partial charge in [0.1, 0.15) is 0 Å². The minimum absolute atomic E-state index is 0.0787. The lowest BCUT2D eigenvalue weighted by atomic mass is 9.85. The molecule has 0 aromatic heterocycles. The maximum absolute atomic E-state index is 12.6. The molecule has 0 spiro atoms. The molecule has 3 nitrogen and oxygen atoms in total. The fourth-order valence-electron chi connectivity index (χ4n) is 3.02. The molecule has 0 unspecified atom stereocenters. The van der Waals surface area contributed by atoms with Gasteiger partial charge in [-0.05, 0) is 18.3 Å². The lowest BCUT2D eigenvalue weighted by molar-refractivity contribution is -0.150. The van der Waals surface area contributed by atoms with Gasteiger partial charge in [0.15, 0.2) is 0 Å². The Morgan fingerprint density at radius 1 is 1.25 bits per heavy atom. The fourth-order valence-corrected chi connectivity index (χ4v) is 3.02. The Bertz CT molecular complexity index is 276. The predicted molar refractivity (Wildman–Crippen MR) is 73.6 cm³/mol. The third-order valence-electron chi connectivity index (χ3n) is 3.93. The summed E-state index contributed by atoms with van der Waals surface area (Å²) in [7, 11) is 0. The third-order valence-corrected chi connectivity index (χ3v) is 3.93. The van der Waals surface area contributed by atoms with Crippen molar-refractivity contribution in [1.29, 1.82) is 0 Å². The summed E-state index contributed by atoms with van der Waals surface area (Å²) in [5.74, 6) is 0. The van der Waals surface area contributed by atoms with Crippen LogP contribution in [0, 0.1) is 5.41 Å². The first-order valence-corrected chi connectivity index (χ1v) is 7.40. The van der Waals surface area contributed by atoms with Crippen molar-refractivity contribution in [3.05, 3.63) is 0 Å². The Kier molecular flexibility index (Phi) is 6.75. The molecular weight excluding hydrogens is 269 g/mol. The van der Waals surface area contributed by atoms with E-state index in [9.17, 15) is 13.2 Å². The molecule has 1 aliphatic carbocycles. The molecule has 120 valence electrons. The zero-order valence-electron chi connectivity index (χ0n) is 12.5. The van der Waals surface area contributed by atoms with Crippen LogP contribution in [0.2, 0.25) is 0 Å². The molecule has 1 aliphatic rings. The minimum Gasteiger partial charge on any atom is -0.395 e. The summed E-state index contributed by atoms with van der Waals surface area (Å²) in [4.78, 5) is 1.35. The molecule has 1 saturated carbocycles. The van der Waals surface area contributed by atoms with Crippen molar-refractivity contribution < 1.29 is 18.3 Å². The first kappa shape index (κ1) is 17.7. The second kappa shape index (κ2) is 7.61. The summed E-state index contributed by atoms with van der Waals surface area (Å²) < 4.78 is 37.8. The van der Waals surface area contributed by atoms with E-state index in [1.165, 1.54) is 4.90 Å². The summed E-state index contributed by atoms with van der Waals surface area (Å²) in [6.07, 6.45) is -0.114. The number of aliphatic hydroxyl groups is 1. The highest BCUT2D eigenvalue weighted by molar-refractivity contribution is 4.90. The lowest BCUT2D eigenvalue weighted by Gasteiger charge is -2.36. The zero-order chi connectivity index (χ0) is 15.2. The number of hydrogen-bond donors (Lipinski definition) is 2. The van der Waals surface area contributed by atoms with Crippen LogP contribution < -0.4 is 5.32 Å². The SMILES string of the molecule is CC(C)NCC1(CN(CCO)CC(F)(F)F)CCCC1. The fraction of sp³-hybridized carbons (Fsp3) is 1.00. The van der Waals surface area contributed by atoms with E-state index in [0.29, 0.717) is 12.6 Å². The van der Waals surface area contributed by atoms with Crippen LogP contribution in [0.15, 0.2) is 0 Å². The number of aliphatic hydroxyl groups excluding tert-OH is 1. The molecular formula is C14H27F3N2O. The normalized spacial score (nSPS) is 19.2.